The standard InChI is InChI=1S/C17H23N3O2S/c1-13(17-18-5-10-23-17)20-8-6-19(7-9-20)12-14-3-4-15(21)16(11-14)22-2/h3-5,10-11,13,21H,6-9,12H2,1-2H3/t13-/m1/s1. The van der Waals surface area contributed by atoms with E-state index in [1.54, 1.807) is 24.5 Å². The van der Waals surface area contributed by atoms with Crippen molar-refractivity contribution in [3.05, 3.63) is 40.3 Å². The lowest BCUT2D eigenvalue weighted by Crippen LogP contribution is -2.46. The van der Waals surface area contributed by atoms with Gasteiger partial charge in [0.15, 0.2) is 11.5 Å². The minimum absolute atomic E-state index is 0.193. The number of hydrogen-bond donors (Lipinski definition) is 1. The smallest absolute Gasteiger partial charge is 0.160 e. The predicted molar refractivity (Wildman–Crippen MR) is 92.0 cm³/mol. The van der Waals surface area contributed by atoms with Crippen LogP contribution in [0.25, 0.3) is 0 Å². The molecular weight excluding hydrogens is 310 g/mol. The summed E-state index contributed by atoms with van der Waals surface area (Å²) in [6.45, 7) is 7.30. The molecule has 1 aliphatic rings. The average Bonchev–Trinajstić information content (AvgIpc) is 3.11. The van der Waals surface area contributed by atoms with Crippen molar-refractivity contribution in [1.29, 1.82) is 0 Å². The Labute approximate surface area is 141 Å². The monoisotopic (exact) mass is 333 g/mol. The summed E-state index contributed by atoms with van der Waals surface area (Å²) in [6.07, 6.45) is 1.88. The normalized spacial score (nSPS) is 18.0. The Balaban J connectivity index is 1.55. The molecule has 1 atom stereocenters. The van der Waals surface area contributed by atoms with Gasteiger partial charge >= 0.3 is 0 Å². The van der Waals surface area contributed by atoms with E-state index in [-0.39, 0.29) is 5.75 Å². The molecule has 1 fully saturated rings. The molecule has 1 aromatic carbocycles. The summed E-state index contributed by atoms with van der Waals surface area (Å²) >= 11 is 1.73. The van der Waals surface area contributed by atoms with Crippen LogP contribution in [0.15, 0.2) is 29.8 Å². The molecule has 0 aliphatic carbocycles. The van der Waals surface area contributed by atoms with Crippen molar-refractivity contribution in [1.82, 2.24) is 14.8 Å². The van der Waals surface area contributed by atoms with Gasteiger partial charge in [0.2, 0.25) is 0 Å². The molecule has 0 unspecified atom stereocenters. The van der Waals surface area contributed by atoms with Gasteiger partial charge in [-0.3, -0.25) is 9.80 Å². The molecule has 1 aromatic heterocycles. The number of thiazole rings is 1. The molecule has 1 saturated heterocycles. The third-order valence-corrected chi connectivity index (χ3v) is 5.36. The van der Waals surface area contributed by atoms with Gasteiger partial charge in [-0.2, -0.15) is 0 Å². The zero-order valence-electron chi connectivity index (χ0n) is 13.6. The molecule has 0 bridgehead atoms. The molecule has 5 nitrogen and oxygen atoms in total. The molecule has 0 radical (unpaired) electrons. The van der Waals surface area contributed by atoms with Crippen LogP contribution in [-0.4, -0.2) is 53.2 Å². The first kappa shape index (κ1) is 16.2. The summed E-state index contributed by atoms with van der Waals surface area (Å²) in [5, 5.41) is 12.9. The summed E-state index contributed by atoms with van der Waals surface area (Å²) < 4.78 is 5.18. The van der Waals surface area contributed by atoms with E-state index in [4.69, 9.17) is 4.74 Å². The fraction of sp³-hybridized carbons (Fsp3) is 0.471. The third kappa shape index (κ3) is 3.83. The van der Waals surface area contributed by atoms with Crippen molar-refractivity contribution in [2.75, 3.05) is 33.3 Å². The number of hydrogen-bond acceptors (Lipinski definition) is 6. The lowest BCUT2D eigenvalue weighted by molar-refractivity contribution is 0.0977. The number of nitrogens with zero attached hydrogens (tertiary/aromatic N) is 3. The molecule has 3 rings (SSSR count). The van der Waals surface area contributed by atoms with Gasteiger partial charge in [0.25, 0.3) is 0 Å². The van der Waals surface area contributed by atoms with Crippen LogP contribution < -0.4 is 4.74 Å². The third-order valence-electron chi connectivity index (χ3n) is 4.41. The van der Waals surface area contributed by atoms with E-state index in [0.29, 0.717) is 11.8 Å². The summed E-state index contributed by atoms with van der Waals surface area (Å²) in [6, 6.07) is 5.97. The van der Waals surface area contributed by atoms with E-state index in [9.17, 15) is 5.11 Å². The van der Waals surface area contributed by atoms with E-state index in [1.165, 1.54) is 10.6 Å². The van der Waals surface area contributed by atoms with Gasteiger partial charge in [-0.15, -0.1) is 11.3 Å². The molecule has 2 aromatic rings. The van der Waals surface area contributed by atoms with Crippen LogP contribution in [0.2, 0.25) is 0 Å². The molecule has 1 N–H and O–H groups in total. The first-order chi connectivity index (χ1) is 11.2. The van der Waals surface area contributed by atoms with Gasteiger partial charge < -0.3 is 9.84 Å². The Morgan fingerprint density at radius 1 is 1.30 bits per heavy atom. The highest BCUT2D eigenvalue weighted by molar-refractivity contribution is 7.09. The number of rotatable bonds is 5. The number of methoxy groups -OCH3 is 1. The average molecular weight is 333 g/mol. The molecule has 0 spiro atoms. The molecule has 0 amide bonds. The van der Waals surface area contributed by atoms with Crippen molar-refractivity contribution in [2.45, 2.75) is 19.5 Å². The van der Waals surface area contributed by atoms with E-state index >= 15 is 0 Å². The summed E-state index contributed by atoms with van der Waals surface area (Å²) in [7, 11) is 1.58. The van der Waals surface area contributed by atoms with E-state index in [1.807, 2.05) is 23.7 Å². The van der Waals surface area contributed by atoms with Crippen molar-refractivity contribution in [2.24, 2.45) is 0 Å². The zero-order chi connectivity index (χ0) is 16.2. The second kappa shape index (κ2) is 7.29. The quantitative estimate of drug-likeness (QED) is 0.912. The first-order valence-electron chi connectivity index (χ1n) is 7.89. The maximum atomic E-state index is 9.68. The SMILES string of the molecule is COc1cc(CN2CCN([C@H](C)c3nccs3)CC2)ccc1O. The summed E-state index contributed by atoms with van der Waals surface area (Å²) in [5.41, 5.74) is 1.17. The van der Waals surface area contributed by atoms with Crippen LogP contribution in [0, 0.1) is 0 Å². The van der Waals surface area contributed by atoms with Gasteiger partial charge in [0.05, 0.1) is 13.2 Å². The van der Waals surface area contributed by atoms with Crippen molar-refractivity contribution >= 4 is 11.3 Å². The largest absolute Gasteiger partial charge is 0.504 e. The van der Waals surface area contributed by atoms with Crippen molar-refractivity contribution in [3.8, 4) is 11.5 Å². The van der Waals surface area contributed by atoms with E-state index < -0.39 is 0 Å². The summed E-state index contributed by atoms with van der Waals surface area (Å²) in [4.78, 5) is 9.37. The zero-order valence-corrected chi connectivity index (χ0v) is 14.4. The van der Waals surface area contributed by atoms with Crippen LogP contribution in [0.4, 0.5) is 0 Å². The molecule has 6 heteroatoms. The van der Waals surface area contributed by atoms with Crippen LogP contribution in [0.1, 0.15) is 23.5 Å². The van der Waals surface area contributed by atoms with Gasteiger partial charge in [0, 0.05) is 44.3 Å². The molecule has 2 heterocycles. The number of phenols is 1. The lowest BCUT2D eigenvalue weighted by Gasteiger charge is -2.37. The highest BCUT2D eigenvalue weighted by Crippen LogP contribution is 2.27. The van der Waals surface area contributed by atoms with Gasteiger partial charge in [-0.05, 0) is 24.6 Å². The molecule has 1 aliphatic heterocycles. The van der Waals surface area contributed by atoms with Gasteiger partial charge in [-0.1, -0.05) is 6.07 Å². The Hall–Kier alpha value is -1.63. The van der Waals surface area contributed by atoms with Crippen molar-refractivity contribution < 1.29 is 9.84 Å². The summed E-state index contributed by atoms with van der Waals surface area (Å²) in [5.74, 6) is 0.733. The molecule has 0 saturated carbocycles. The minimum atomic E-state index is 0.193. The number of aromatic hydroxyl groups is 1. The maximum Gasteiger partial charge on any atom is 0.160 e. The molecular formula is C17H23N3O2S. The fourth-order valence-corrected chi connectivity index (χ4v) is 3.71. The van der Waals surface area contributed by atoms with E-state index in [0.717, 1.165) is 32.7 Å². The maximum absolute atomic E-state index is 9.68. The highest BCUT2D eigenvalue weighted by Gasteiger charge is 2.23. The fourth-order valence-electron chi connectivity index (χ4n) is 2.98. The highest BCUT2D eigenvalue weighted by atomic mass is 32.1. The van der Waals surface area contributed by atoms with E-state index in [2.05, 4.69) is 21.7 Å². The second-order valence-electron chi connectivity index (χ2n) is 5.86. The van der Waals surface area contributed by atoms with Gasteiger partial charge in [-0.25, -0.2) is 4.98 Å². The van der Waals surface area contributed by atoms with Crippen molar-refractivity contribution in [3.63, 3.8) is 0 Å². The number of phenolic OH excluding ortho intramolecular Hbond substituents is 1. The number of aromatic nitrogens is 1. The Bertz CT molecular complexity index is 625. The Morgan fingerprint density at radius 3 is 2.74 bits per heavy atom. The molecule has 124 valence electrons. The lowest BCUT2D eigenvalue weighted by atomic mass is 10.1. The number of benzene rings is 1. The van der Waals surface area contributed by atoms with Gasteiger partial charge in [0.1, 0.15) is 5.01 Å². The number of ether oxygens (including phenoxy) is 1. The topological polar surface area (TPSA) is 48.8 Å². The Kier molecular flexibility index (Phi) is 5.15. The first-order valence-corrected chi connectivity index (χ1v) is 8.77. The Morgan fingerprint density at radius 2 is 2.09 bits per heavy atom. The number of piperazine rings is 1. The van der Waals surface area contributed by atoms with Crippen LogP contribution >= 0.6 is 11.3 Å². The predicted octanol–water partition coefficient (Wildman–Crippen LogP) is 2.74. The van der Waals surface area contributed by atoms with Crippen LogP contribution in [0.5, 0.6) is 11.5 Å². The van der Waals surface area contributed by atoms with Crippen LogP contribution in [0.3, 0.4) is 0 Å². The minimum Gasteiger partial charge on any atom is -0.504 e. The molecule has 23 heavy (non-hydrogen) atoms. The second-order valence-corrected chi connectivity index (χ2v) is 6.79. The van der Waals surface area contributed by atoms with Crippen LogP contribution in [-0.2, 0) is 6.54 Å².